The summed E-state index contributed by atoms with van der Waals surface area (Å²) in [5, 5.41) is 3.24. The molecule has 0 aliphatic carbocycles. The molecule has 0 saturated carbocycles. The van der Waals surface area contributed by atoms with Crippen LogP contribution in [0, 0.1) is 11.6 Å². The van der Waals surface area contributed by atoms with E-state index in [2.05, 4.69) is 41.8 Å². The van der Waals surface area contributed by atoms with Gasteiger partial charge in [0, 0.05) is 12.1 Å². The molecule has 2 N–H and O–H groups in total. The van der Waals surface area contributed by atoms with Gasteiger partial charge in [-0.25, -0.2) is 28.7 Å². The Balaban J connectivity index is 1.69. The summed E-state index contributed by atoms with van der Waals surface area (Å²) in [5.74, 6) is 0.00117. The highest BCUT2D eigenvalue weighted by atomic mass is 19.1. The van der Waals surface area contributed by atoms with Gasteiger partial charge in [0.15, 0.2) is 11.5 Å². The van der Waals surface area contributed by atoms with Crippen molar-refractivity contribution in [1.82, 2.24) is 34.5 Å². The molecule has 4 heterocycles. The lowest BCUT2D eigenvalue weighted by atomic mass is 10.2. The van der Waals surface area contributed by atoms with E-state index in [-0.39, 0.29) is 0 Å². The number of benzene rings is 1. The third-order valence-corrected chi connectivity index (χ3v) is 4.62. The number of fused-ring (bicyclic) bond motifs is 2. The third-order valence-electron chi connectivity index (χ3n) is 4.62. The van der Waals surface area contributed by atoms with E-state index in [1.54, 1.807) is 16.7 Å². The first kappa shape index (κ1) is 17.9. The first-order chi connectivity index (χ1) is 14.6. The molecule has 8 nitrogen and oxygen atoms in total. The second kappa shape index (κ2) is 6.99. The molecule has 1 atom stereocenters. The van der Waals surface area contributed by atoms with Crippen molar-refractivity contribution in [3.8, 4) is 5.69 Å². The average molecular weight is 404 g/mol. The number of nitrogens with zero attached hydrogens (tertiary/aromatic N) is 6. The number of aromatic nitrogens is 7. The van der Waals surface area contributed by atoms with Gasteiger partial charge in [0.2, 0.25) is 0 Å². The fourth-order valence-corrected chi connectivity index (χ4v) is 3.32. The lowest BCUT2D eigenvalue weighted by Gasteiger charge is -2.17. The Morgan fingerprint density at radius 2 is 2.00 bits per heavy atom. The van der Waals surface area contributed by atoms with Crippen LogP contribution < -0.4 is 5.32 Å². The molecule has 4 aromatic heterocycles. The highest BCUT2D eigenvalue weighted by Gasteiger charge is 2.21. The van der Waals surface area contributed by atoms with Crippen molar-refractivity contribution in [2.24, 2.45) is 0 Å². The molecule has 0 radical (unpaired) electrons. The smallest absolute Gasteiger partial charge is 0.182 e. The third kappa shape index (κ3) is 2.94. The zero-order chi connectivity index (χ0) is 20.7. The van der Waals surface area contributed by atoms with Gasteiger partial charge in [-0.05, 0) is 12.1 Å². The van der Waals surface area contributed by atoms with Crippen molar-refractivity contribution in [3.63, 3.8) is 0 Å². The molecule has 0 spiro atoms. The number of rotatable bonds is 5. The maximum absolute atomic E-state index is 14.0. The molecular weight excluding hydrogens is 390 g/mol. The van der Waals surface area contributed by atoms with Gasteiger partial charge in [-0.1, -0.05) is 6.08 Å². The van der Waals surface area contributed by atoms with E-state index in [1.165, 1.54) is 37.1 Å². The van der Waals surface area contributed by atoms with Gasteiger partial charge in [0.05, 0.1) is 35.4 Å². The predicted molar refractivity (Wildman–Crippen MR) is 107 cm³/mol. The van der Waals surface area contributed by atoms with Crippen LogP contribution in [0.15, 0.2) is 62.0 Å². The number of halogens is 2. The summed E-state index contributed by atoms with van der Waals surface area (Å²) in [6.07, 6.45) is 7.12. The Kier molecular flexibility index (Phi) is 4.16. The largest absolute Gasteiger partial charge is 0.355 e. The Labute approximate surface area is 168 Å². The summed E-state index contributed by atoms with van der Waals surface area (Å²) >= 11 is 0. The highest BCUT2D eigenvalue weighted by molar-refractivity contribution is 5.83. The average Bonchev–Trinajstić information content (AvgIpc) is 3.36. The summed E-state index contributed by atoms with van der Waals surface area (Å²) in [4.78, 5) is 24.0. The lowest BCUT2D eigenvalue weighted by molar-refractivity contribution is 0.619. The first-order valence-corrected chi connectivity index (χ1v) is 8.96. The molecule has 0 bridgehead atoms. The number of imidazole rings is 2. The normalized spacial score (nSPS) is 12.3. The maximum Gasteiger partial charge on any atom is 0.182 e. The fraction of sp³-hybridized carbons (Fsp3) is 0.0500. The number of aromatic amines is 1. The summed E-state index contributed by atoms with van der Waals surface area (Å²) in [5.41, 5.74) is 2.53. The van der Waals surface area contributed by atoms with Gasteiger partial charge in [0.1, 0.15) is 35.3 Å². The van der Waals surface area contributed by atoms with Crippen LogP contribution in [0.2, 0.25) is 0 Å². The van der Waals surface area contributed by atoms with E-state index in [0.29, 0.717) is 39.5 Å². The SMILES string of the molecule is C=C[C@H](Nc1ncnc2nc[nH]c12)c1nc2ccc(F)cc2n1-c1cncc(F)c1. The zero-order valence-corrected chi connectivity index (χ0v) is 15.4. The van der Waals surface area contributed by atoms with Crippen LogP contribution in [0.1, 0.15) is 11.9 Å². The first-order valence-electron chi connectivity index (χ1n) is 8.96. The molecule has 5 rings (SSSR count). The minimum absolute atomic E-state index is 0.404. The van der Waals surface area contributed by atoms with Crippen LogP contribution in [0.5, 0.6) is 0 Å². The quantitative estimate of drug-likeness (QED) is 0.434. The minimum atomic E-state index is -0.551. The Morgan fingerprint density at radius 3 is 2.83 bits per heavy atom. The molecular formula is C20H14F2N8. The second-order valence-electron chi connectivity index (χ2n) is 6.48. The molecule has 0 amide bonds. The lowest BCUT2D eigenvalue weighted by Crippen LogP contribution is -2.15. The fourth-order valence-electron chi connectivity index (χ4n) is 3.32. The molecule has 0 fully saturated rings. The Bertz CT molecular complexity index is 1390. The van der Waals surface area contributed by atoms with E-state index in [4.69, 9.17) is 0 Å². The van der Waals surface area contributed by atoms with Crippen molar-refractivity contribution in [1.29, 1.82) is 0 Å². The van der Waals surface area contributed by atoms with Gasteiger partial charge in [-0.2, -0.15) is 0 Å². The number of hydrogen-bond donors (Lipinski definition) is 2. The van der Waals surface area contributed by atoms with Crippen molar-refractivity contribution in [3.05, 3.63) is 79.4 Å². The van der Waals surface area contributed by atoms with Crippen molar-refractivity contribution >= 4 is 28.0 Å². The second-order valence-corrected chi connectivity index (χ2v) is 6.48. The van der Waals surface area contributed by atoms with Crippen molar-refractivity contribution < 1.29 is 8.78 Å². The highest BCUT2D eigenvalue weighted by Crippen LogP contribution is 2.29. The summed E-state index contributed by atoms with van der Waals surface area (Å²) in [6, 6.07) is 4.98. The molecule has 30 heavy (non-hydrogen) atoms. The van der Waals surface area contributed by atoms with E-state index in [0.717, 1.165) is 6.20 Å². The standard InChI is InChI=1S/C20H14F2N8/c1-2-14(28-19-17-18(25-9-24-17)26-10-27-19)20-29-15-4-3-11(21)6-16(15)30(20)13-5-12(22)7-23-8-13/h2-10,14H,1H2,(H2,24,25,26,27,28)/t14-/m0/s1. The summed E-state index contributed by atoms with van der Waals surface area (Å²) < 4.78 is 29.5. The summed E-state index contributed by atoms with van der Waals surface area (Å²) in [7, 11) is 0. The molecule has 10 heteroatoms. The van der Waals surface area contributed by atoms with Crippen molar-refractivity contribution in [2.45, 2.75) is 6.04 Å². The van der Waals surface area contributed by atoms with Crippen LogP contribution >= 0.6 is 0 Å². The van der Waals surface area contributed by atoms with Gasteiger partial charge < -0.3 is 10.3 Å². The van der Waals surface area contributed by atoms with Gasteiger partial charge in [-0.15, -0.1) is 6.58 Å². The monoisotopic (exact) mass is 404 g/mol. The van der Waals surface area contributed by atoms with Crippen LogP contribution in [0.4, 0.5) is 14.6 Å². The molecule has 0 aliphatic heterocycles. The molecule has 0 saturated heterocycles. The Hall–Kier alpha value is -4.21. The topological polar surface area (TPSA) is 97.2 Å². The maximum atomic E-state index is 14.0. The van der Waals surface area contributed by atoms with E-state index in [9.17, 15) is 8.78 Å². The van der Waals surface area contributed by atoms with E-state index < -0.39 is 17.7 Å². The van der Waals surface area contributed by atoms with Crippen molar-refractivity contribution in [2.75, 3.05) is 5.32 Å². The van der Waals surface area contributed by atoms with Crippen LogP contribution in [-0.2, 0) is 0 Å². The van der Waals surface area contributed by atoms with Crippen LogP contribution in [-0.4, -0.2) is 34.5 Å². The molecule has 1 aromatic carbocycles. The molecule has 0 aliphatic rings. The van der Waals surface area contributed by atoms with Gasteiger partial charge in [-0.3, -0.25) is 9.55 Å². The number of anilines is 1. The molecule has 148 valence electrons. The van der Waals surface area contributed by atoms with Crippen LogP contribution in [0.25, 0.3) is 27.9 Å². The number of nitrogens with one attached hydrogen (secondary N) is 2. The molecule has 5 aromatic rings. The van der Waals surface area contributed by atoms with Gasteiger partial charge in [0.25, 0.3) is 0 Å². The van der Waals surface area contributed by atoms with Crippen LogP contribution in [0.3, 0.4) is 0 Å². The Morgan fingerprint density at radius 1 is 1.10 bits per heavy atom. The van der Waals surface area contributed by atoms with E-state index in [1.807, 2.05) is 0 Å². The summed E-state index contributed by atoms with van der Waals surface area (Å²) in [6.45, 7) is 3.89. The molecule has 0 unspecified atom stereocenters. The predicted octanol–water partition coefficient (Wildman–Crippen LogP) is 3.70. The number of pyridine rings is 1. The van der Waals surface area contributed by atoms with Gasteiger partial charge >= 0.3 is 0 Å². The minimum Gasteiger partial charge on any atom is -0.355 e. The van der Waals surface area contributed by atoms with E-state index >= 15 is 0 Å². The zero-order valence-electron chi connectivity index (χ0n) is 15.4. The number of H-pyrrole nitrogens is 1. The number of hydrogen-bond acceptors (Lipinski definition) is 6.